The molecule has 2 saturated heterocycles. The van der Waals surface area contributed by atoms with Crippen molar-refractivity contribution in [3.8, 4) is 0 Å². The summed E-state index contributed by atoms with van der Waals surface area (Å²) in [4.78, 5) is 11.5. The third-order valence-electron chi connectivity index (χ3n) is 3.95. The average Bonchev–Trinajstić information content (AvgIpc) is 2.31. The van der Waals surface area contributed by atoms with Gasteiger partial charge in [0.25, 0.3) is 0 Å². The molecule has 0 radical (unpaired) electrons. The molecule has 2 aliphatic rings. The Balaban J connectivity index is 1.98. The van der Waals surface area contributed by atoms with Crippen LogP contribution < -0.4 is 5.32 Å². The highest BCUT2D eigenvalue weighted by Gasteiger charge is 2.41. The molecule has 0 saturated carbocycles. The molecule has 2 heterocycles. The van der Waals surface area contributed by atoms with Crippen LogP contribution in [0.2, 0.25) is 0 Å². The second-order valence-corrected chi connectivity index (χ2v) is 5.13. The van der Waals surface area contributed by atoms with Crippen molar-refractivity contribution in [2.45, 2.75) is 32.1 Å². The van der Waals surface area contributed by atoms with Crippen LogP contribution >= 0.6 is 0 Å². The van der Waals surface area contributed by atoms with Crippen molar-refractivity contribution in [1.82, 2.24) is 5.32 Å². The average molecular weight is 227 g/mol. The fourth-order valence-electron chi connectivity index (χ4n) is 2.92. The SMILES string of the molecule is O=C(O)C1(CC2CCOCC2)CCCNC1. The largest absolute Gasteiger partial charge is 0.481 e. The van der Waals surface area contributed by atoms with Crippen LogP contribution in [0.1, 0.15) is 32.1 Å². The molecule has 2 N–H and O–H groups in total. The fourth-order valence-corrected chi connectivity index (χ4v) is 2.92. The summed E-state index contributed by atoms with van der Waals surface area (Å²) in [5, 5.41) is 12.7. The summed E-state index contributed by atoms with van der Waals surface area (Å²) >= 11 is 0. The first-order valence-corrected chi connectivity index (χ1v) is 6.25. The van der Waals surface area contributed by atoms with Gasteiger partial charge in [0, 0.05) is 19.8 Å². The van der Waals surface area contributed by atoms with Gasteiger partial charge in [-0.15, -0.1) is 0 Å². The smallest absolute Gasteiger partial charge is 0.310 e. The van der Waals surface area contributed by atoms with Crippen LogP contribution in [0.5, 0.6) is 0 Å². The van der Waals surface area contributed by atoms with Gasteiger partial charge in [0.1, 0.15) is 0 Å². The first-order chi connectivity index (χ1) is 7.73. The molecule has 0 amide bonds. The van der Waals surface area contributed by atoms with E-state index in [0.717, 1.165) is 51.9 Å². The molecule has 0 aromatic carbocycles. The topological polar surface area (TPSA) is 58.6 Å². The number of carboxylic acids is 1. The highest BCUT2D eigenvalue weighted by Crippen LogP contribution is 2.36. The van der Waals surface area contributed by atoms with Crippen LogP contribution in [-0.2, 0) is 9.53 Å². The number of carbonyl (C=O) groups is 1. The van der Waals surface area contributed by atoms with Gasteiger partial charge in [-0.2, -0.15) is 0 Å². The van der Waals surface area contributed by atoms with E-state index in [1.165, 1.54) is 0 Å². The van der Waals surface area contributed by atoms with Gasteiger partial charge in [-0.3, -0.25) is 4.79 Å². The van der Waals surface area contributed by atoms with Crippen molar-refractivity contribution in [3.63, 3.8) is 0 Å². The van der Waals surface area contributed by atoms with Crippen molar-refractivity contribution in [2.24, 2.45) is 11.3 Å². The maximum Gasteiger partial charge on any atom is 0.310 e. The molecule has 2 fully saturated rings. The van der Waals surface area contributed by atoms with E-state index < -0.39 is 11.4 Å². The summed E-state index contributed by atoms with van der Waals surface area (Å²) in [6.07, 6.45) is 4.67. The van der Waals surface area contributed by atoms with E-state index in [0.29, 0.717) is 12.5 Å². The number of aliphatic carboxylic acids is 1. The molecule has 0 aromatic heterocycles. The number of nitrogens with one attached hydrogen (secondary N) is 1. The van der Waals surface area contributed by atoms with Crippen LogP contribution in [0.15, 0.2) is 0 Å². The Morgan fingerprint density at radius 3 is 2.75 bits per heavy atom. The maximum absolute atomic E-state index is 11.5. The van der Waals surface area contributed by atoms with Gasteiger partial charge in [-0.1, -0.05) is 0 Å². The molecule has 16 heavy (non-hydrogen) atoms. The van der Waals surface area contributed by atoms with Crippen molar-refractivity contribution >= 4 is 5.97 Å². The first-order valence-electron chi connectivity index (χ1n) is 6.25. The lowest BCUT2D eigenvalue weighted by molar-refractivity contribution is -0.152. The van der Waals surface area contributed by atoms with Gasteiger partial charge in [-0.05, 0) is 44.6 Å². The van der Waals surface area contributed by atoms with Crippen LogP contribution in [0.25, 0.3) is 0 Å². The van der Waals surface area contributed by atoms with E-state index in [1.807, 2.05) is 0 Å². The van der Waals surface area contributed by atoms with E-state index in [-0.39, 0.29) is 0 Å². The molecule has 1 unspecified atom stereocenters. The van der Waals surface area contributed by atoms with Crippen LogP contribution in [0.4, 0.5) is 0 Å². The van der Waals surface area contributed by atoms with Gasteiger partial charge in [0.15, 0.2) is 0 Å². The standard InChI is InChI=1S/C12H21NO3/c14-11(15)12(4-1-5-13-9-12)8-10-2-6-16-7-3-10/h10,13H,1-9H2,(H,14,15). The first kappa shape index (κ1) is 11.9. The molecule has 0 aromatic rings. The van der Waals surface area contributed by atoms with E-state index >= 15 is 0 Å². The minimum absolute atomic E-state index is 0.514. The molecule has 92 valence electrons. The highest BCUT2D eigenvalue weighted by molar-refractivity contribution is 5.75. The number of rotatable bonds is 3. The van der Waals surface area contributed by atoms with Gasteiger partial charge in [0.05, 0.1) is 5.41 Å². The zero-order chi connectivity index (χ0) is 11.4. The van der Waals surface area contributed by atoms with Crippen LogP contribution in [0, 0.1) is 11.3 Å². The normalized spacial score (nSPS) is 32.5. The van der Waals surface area contributed by atoms with Crippen molar-refractivity contribution in [3.05, 3.63) is 0 Å². The summed E-state index contributed by atoms with van der Waals surface area (Å²) < 4.78 is 5.32. The summed E-state index contributed by atoms with van der Waals surface area (Å²) in [6.45, 7) is 3.20. The molecule has 2 aliphatic heterocycles. The second kappa shape index (κ2) is 5.15. The number of ether oxygens (including phenoxy) is 1. The van der Waals surface area contributed by atoms with Crippen LogP contribution in [-0.4, -0.2) is 37.4 Å². The van der Waals surface area contributed by atoms with Crippen LogP contribution in [0.3, 0.4) is 0 Å². The lowest BCUT2D eigenvalue weighted by Crippen LogP contribution is -2.47. The molecule has 0 bridgehead atoms. The minimum atomic E-state index is -0.619. The van der Waals surface area contributed by atoms with E-state index in [9.17, 15) is 9.90 Å². The molecule has 0 spiro atoms. The van der Waals surface area contributed by atoms with E-state index in [2.05, 4.69) is 5.32 Å². The third-order valence-corrected chi connectivity index (χ3v) is 3.95. The molecule has 1 atom stereocenters. The minimum Gasteiger partial charge on any atom is -0.481 e. The molecular weight excluding hydrogens is 206 g/mol. The Morgan fingerprint density at radius 1 is 1.44 bits per heavy atom. The Hall–Kier alpha value is -0.610. The molecule has 4 heteroatoms. The predicted octanol–water partition coefficient (Wildman–Crippen LogP) is 1.26. The summed E-state index contributed by atoms with van der Waals surface area (Å²) in [7, 11) is 0. The zero-order valence-corrected chi connectivity index (χ0v) is 9.71. The maximum atomic E-state index is 11.5. The van der Waals surface area contributed by atoms with Crippen molar-refractivity contribution < 1.29 is 14.6 Å². The molecule has 4 nitrogen and oxygen atoms in total. The van der Waals surface area contributed by atoms with E-state index in [4.69, 9.17) is 4.74 Å². The van der Waals surface area contributed by atoms with Gasteiger partial charge in [-0.25, -0.2) is 0 Å². The van der Waals surface area contributed by atoms with Gasteiger partial charge < -0.3 is 15.2 Å². The molecule has 2 rings (SSSR count). The fraction of sp³-hybridized carbons (Fsp3) is 0.917. The molecule has 0 aliphatic carbocycles. The monoisotopic (exact) mass is 227 g/mol. The zero-order valence-electron chi connectivity index (χ0n) is 9.71. The third kappa shape index (κ3) is 2.55. The molecular formula is C12H21NO3. The van der Waals surface area contributed by atoms with Crippen molar-refractivity contribution in [2.75, 3.05) is 26.3 Å². The Kier molecular flexibility index (Phi) is 3.82. The summed E-state index contributed by atoms with van der Waals surface area (Å²) in [6, 6.07) is 0. The van der Waals surface area contributed by atoms with Gasteiger partial charge >= 0.3 is 5.97 Å². The van der Waals surface area contributed by atoms with E-state index in [1.54, 1.807) is 0 Å². The summed E-state index contributed by atoms with van der Waals surface area (Å²) in [5.41, 5.74) is -0.514. The van der Waals surface area contributed by atoms with Gasteiger partial charge in [0.2, 0.25) is 0 Å². The quantitative estimate of drug-likeness (QED) is 0.762. The number of carboxylic acid groups (broad SMARTS) is 1. The Labute approximate surface area is 96.4 Å². The number of hydrogen-bond donors (Lipinski definition) is 2. The van der Waals surface area contributed by atoms with Crippen molar-refractivity contribution in [1.29, 1.82) is 0 Å². The highest BCUT2D eigenvalue weighted by atomic mass is 16.5. The lowest BCUT2D eigenvalue weighted by Gasteiger charge is -2.37. The lowest BCUT2D eigenvalue weighted by atomic mass is 9.72. The number of hydrogen-bond acceptors (Lipinski definition) is 3. The second-order valence-electron chi connectivity index (χ2n) is 5.13. The Morgan fingerprint density at radius 2 is 2.19 bits per heavy atom. The predicted molar refractivity (Wildman–Crippen MR) is 60.3 cm³/mol. The number of piperidine rings is 1. The summed E-state index contributed by atoms with van der Waals surface area (Å²) in [5.74, 6) is -0.0871. The Bertz CT molecular complexity index is 243.